The van der Waals surface area contributed by atoms with Crippen molar-refractivity contribution >= 4 is 34.5 Å². The summed E-state index contributed by atoms with van der Waals surface area (Å²) in [6.07, 6.45) is 0.680. The maximum atomic E-state index is 6.05. The minimum absolute atomic E-state index is 0.0764. The summed E-state index contributed by atoms with van der Waals surface area (Å²) in [4.78, 5) is 0. The fourth-order valence-corrected chi connectivity index (χ4v) is 2.94. The van der Waals surface area contributed by atoms with Gasteiger partial charge in [0.05, 0.1) is 9.90 Å². The van der Waals surface area contributed by atoms with Crippen LogP contribution in [0, 0.1) is 0 Å². The van der Waals surface area contributed by atoms with E-state index in [9.17, 15) is 0 Å². The molecular weight excluding hydrogens is 305 g/mol. The van der Waals surface area contributed by atoms with Crippen molar-refractivity contribution in [1.29, 1.82) is 0 Å². The third-order valence-electron chi connectivity index (χ3n) is 2.35. The van der Waals surface area contributed by atoms with Crippen molar-refractivity contribution < 1.29 is 4.42 Å². The van der Waals surface area contributed by atoms with Gasteiger partial charge in [-0.15, -0.1) is 21.5 Å². The number of halogens is 2. The zero-order chi connectivity index (χ0) is 14.0. The Morgan fingerprint density at radius 1 is 1.32 bits per heavy atom. The van der Waals surface area contributed by atoms with Gasteiger partial charge < -0.3 is 9.73 Å². The van der Waals surface area contributed by atoms with E-state index in [2.05, 4.69) is 36.3 Å². The van der Waals surface area contributed by atoms with E-state index < -0.39 is 0 Å². The predicted octanol–water partition coefficient (Wildman–Crippen LogP) is 4.04. The van der Waals surface area contributed by atoms with Crippen molar-refractivity contribution in [2.24, 2.45) is 0 Å². The van der Waals surface area contributed by atoms with Gasteiger partial charge in [0.25, 0.3) is 0 Å². The number of aromatic nitrogens is 2. The van der Waals surface area contributed by atoms with Gasteiger partial charge in [-0.05, 0) is 26.8 Å². The minimum Gasteiger partial charge on any atom is -0.421 e. The summed E-state index contributed by atoms with van der Waals surface area (Å²) in [6.45, 7) is 7.11. The van der Waals surface area contributed by atoms with Crippen LogP contribution in [0.15, 0.2) is 10.5 Å². The highest BCUT2D eigenvalue weighted by atomic mass is 35.5. The summed E-state index contributed by atoms with van der Waals surface area (Å²) in [5.74, 6) is 1.00. The molecule has 0 bridgehead atoms. The van der Waals surface area contributed by atoms with Gasteiger partial charge in [0, 0.05) is 18.5 Å². The first-order valence-electron chi connectivity index (χ1n) is 5.88. The number of hydrogen-bond donors (Lipinski definition) is 1. The zero-order valence-corrected chi connectivity index (χ0v) is 13.3. The molecule has 0 saturated heterocycles. The van der Waals surface area contributed by atoms with Crippen LogP contribution >= 0.6 is 34.5 Å². The summed E-state index contributed by atoms with van der Waals surface area (Å²) in [6, 6.07) is 1.74. The van der Waals surface area contributed by atoms with E-state index in [1.807, 2.05) is 0 Å². The second-order valence-corrected chi connectivity index (χ2v) is 7.45. The van der Waals surface area contributed by atoms with E-state index in [4.69, 9.17) is 27.6 Å². The molecule has 0 atom stereocenters. The topological polar surface area (TPSA) is 51.0 Å². The molecule has 7 heteroatoms. The molecule has 0 fully saturated rings. The van der Waals surface area contributed by atoms with Crippen molar-refractivity contribution in [3.63, 3.8) is 0 Å². The lowest BCUT2D eigenvalue weighted by molar-refractivity contribution is 0.412. The van der Waals surface area contributed by atoms with Gasteiger partial charge in [0.15, 0.2) is 0 Å². The van der Waals surface area contributed by atoms with Crippen LogP contribution in [-0.2, 0) is 6.42 Å². The second-order valence-electron chi connectivity index (χ2n) is 5.17. The highest BCUT2D eigenvalue weighted by Crippen LogP contribution is 2.37. The van der Waals surface area contributed by atoms with Gasteiger partial charge in [-0.1, -0.05) is 23.2 Å². The molecule has 0 aliphatic heterocycles. The van der Waals surface area contributed by atoms with Gasteiger partial charge in [-0.2, -0.15) is 0 Å². The molecule has 4 nitrogen and oxygen atoms in total. The maximum Gasteiger partial charge on any atom is 0.250 e. The average molecular weight is 320 g/mol. The SMILES string of the molecule is CC(C)(C)NCCc1nnc(-c2cc(Cl)sc2Cl)o1. The van der Waals surface area contributed by atoms with Gasteiger partial charge in [-0.25, -0.2) is 0 Å². The molecule has 0 unspecified atom stereocenters. The molecule has 0 radical (unpaired) electrons. The van der Waals surface area contributed by atoms with Crippen LogP contribution in [0.3, 0.4) is 0 Å². The Hall–Kier alpha value is -0.620. The van der Waals surface area contributed by atoms with Gasteiger partial charge in [-0.3, -0.25) is 0 Å². The predicted molar refractivity (Wildman–Crippen MR) is 79.1 cm³/mol. The van der Waals surface area contributed by atoms with Crippen LogP contribution < -0.4 is 5.32 Å². The largest absolute Gasteiger partial charge is 0.421 e. The van der Waals surface area contributed by atoms with Gasteiger partial charge in [0.1, 0.15) is 4.34 Å². The molecule has 1 N–H and O–H groups in total. The summed E-state index contributed by atoms with van der Waals surface area (Å²) >= 11 is 13.2. The lowest BCUT2D eigenvalue weighted by atomic mass is 10.1. The standard InChI is InChI=1S/C12H15Cl2N3OS/c1-12(2,3)15-5-4-9-16-17-11(18-9)7-6-8(13)19-10(7)14/h6,15H,4-5H2,1-3H3. The monoisotopic (exact) mass is 319 g/mol. The van der Waals surface area contributed by atoms with Crippen LogP contribution in [0.1, 0.15) is 26.7 Å². The molecule has 104 valence electrons. The number of hydrogen-bond acceptors (Lipinski definition) is 5. The Morgan fingerprint density at radius 2 is 2.05 bits per heavy atom. The smallest absolute Gasteiger partial charge is 0.250 e. The quantitative estimate of drug-likeness (QED) is 0.924. The Bertz CT molecular complexity index is 560. The Labute approximate surface area is 126 Å². The fourth-order valence-electron chi connectivity index (χ4n) is 1.49. The fraction of sp³-hybridized carbons (Fsp3) is 0.500. The first kappa shape index (κ1) is 14.8. The van der Waals surface area contributed by atoms with E-state index >= 15 is 0 Å². The molecule has 2 aromatic rings. The summed E-state index contributed by atoms with van der Waals surface area (Å²) < 4.78 is 6.75. The van der Waals surface area contributed by atoms with Crippen molar-refractivity contribution in [3.8, 4) is 11.5 Å². The van der Waals surface area contributed by atoms with E-state index in [0.29, 0.717) is 32.4 Å². The van der Waals surface area contributed by atoms with Crippen LogP contribution in [0.25, 0.3) is 11.5 Å². The summed E-state index contributed by atoms with van der Waals surface area (Å²) in [7, 11) is 0. The zero-order valence-electron chi connectivity index (χ0n) is 11.0. The molecule has 0 saturated carbocycles. The summed E-state index contributed by atoms with van der Waals surface area (Å²) in [5.41, 5.74) is 0.770. The van der Waals surface area contributed by atoms with Crippen molar-refractivity contribution in [1.82, 2.24) is 15.5 Å². The second kappa shape index (κ2) is 5.79. The van der Waals surface area contributed by atoms with Crippen molar-refractivity contribution in [3.05, 3.63) is 20.6 Å². The average Bonchev–Trinajstić information content (AvgIpc) is 2.83. The number of thiophene rings is 1. The number of rotatable bonds is 4. The van der Waals surface area contributed by atoms with E-state index in [1.54, 1.807) is 6.07 Å². The maximum absolute atomic E-state index is 6.05. The first-order valence-corrected chi connectivity index (χ1v) is 7.45. The number of nitrogens with one attached hydrogen (secondary N) is 1. The highest BCUT2D eigenvalue weighted by molar-refractivity contribution is 7.20. The van der Waals surface area contributed by atoms with Gasteiger partial charge >= 0.3 is 0 Å². The highest BCUT2D eigenvalue weighted by Gasteiger charge is 2.15. The van der Waals surface area contributed by atoms with Crippen LogP contribution in [0.2, 0.25) is 8.67 Å². The molecule has 0 aromatic carbocycles. The van der Waals surface area contributed by atoms with Gasteiger partial charge in [0.2, 0.25) is 11.8 Å². The van der Waals surface area contributed by atoms with E-state index in [0.717, 1.165) is 6.54 Å². The molecule has 19 heavy (non-hydrogen) atoms. The number of nitrogens with zero attached hydrogens (tertiary/aromatic N) is 2. The Kier molecular flexibility index (Phi) is 4.50. The van der Waals surface area contributed by atoms with Crippen LogP contribution in [0.4, 0.5) is 0 Å². The lowest BCUT2D eigenvalue weighted by Gasteiger charge is -2.19. The summed E-state index contributed by atoms with van der Waals surface area (Å²) in [5, 5.41) is 11.4. The van der Waals surface area contributed by atoms with Crippen molar-refractivity contribution in [2.75, 3.05) is 6.54 Å². The minimum atomic E-state index is 0.0764. The molecule has 0 spiro atoms. The van der Waals surface area contributed by atoms with E-state index in [1.165, 1.54) is 11.3 Å². The molecule has 0 aliphatic rings. The first-order chi connectivity index (χ1) is 8.85. The Balaban J connectivity index is 2.01. The van der Waals surface area contributed by atoms with Crippen LogP contribution in [0.5, 0.6) is 0 Å². The third kappa shape index (κ3) is 4.18. The molecule has 0 amide bonds. The van der Waals surface area contributed by atoms with E-state index in [-0.39, 0.29) is 5.54 Å². The normalized spacial score (nSPS) is 12.1. The van der Waals surface area contributed by atoms with Crippen LogP contribution in [-0.4, -0.2) is 22.3 Å². The molecule has 2 rings (SSSR count). The molecule has 0 aliphatic carbocycles. The third-order valence-corrected chi connectivity index (χ3v) is 3.84. The molecule has 2 heterocycles. The van der Waals surface area contributed by atoms with Crippen molar-refractivity contribution in [2.45, 2.75) is 32.7 Å². The Morgan fingerprint density at radius 3 is 2.63 bits per heavy atom. The molecule has 2 aromatic heterocycles. The lowest BCUT2D eigenvalue weighted by Crippen LogP contribution is -2.37. The molecular formula is C12H15Cl2N3OS.